The third-order valence-electron chi connectivity index (χ3n) is 6.98. The van der Waals surface area contributed by atoms with Crippen molar-refractivity contribution in [3.8, 4) is 28.6 Å². The summed E-state index contributed by atoms with van der Waals surface area (Å²) in [5, 5.41) is 4.43. The van der Waals surface area contributed by atoms with Crippen molar-refractivity contribution in [2.24, 2.45) is 7.05 Å². The van der Waals surface area contributed by atoms with Crippen LogP contribution in [0.1, 0.15) is 19.4 Å². The summed E-state index contributed by atoms with van der Waals surface area (Å²) in [7, 11) is -0.299. The van der Waals surface area contributed by atoms with Gasteiger partial charge in [-0.2, -0.15) is 10.1 Å². The van der Waals surface area contributed by atoms with E-state index in [0.717, 1.165) is 31.9 Å². The molecular formula is C29H34ClN7O4S. The van der Waals surface area contributed by atoms with Crippen molar-refractivity contribution in [2.45, 2.75) is 25.2 Å². The molecule has 0 spiro atoms. The molecule has 0 saturated carbocycles. The van der Waals surface area contributed by atoms with Crippen LogP contribution in [0.5, 0.6) is 17.4 Å². The second-order valence-corrected chi connectivity index (χ2v) is 12.0. The van der Waals surface area contributed by atoms with E-state index in [0.29, 0.717) is 46.4 Å². The highest BCUT2D eigenvalue weighted by Crippen LogP contribution is 2.41. The second-order valence-electron chi connectivity index (χ2n) is 9.90. The van der Waals surface area contributed by atoms with Gasteiger partial charge in [0.15, 0.2) is 0 Å². The number of ether oxygens (including phenoxy) is 2. The molecule has 4 aromatic rings. The van der Waals surface area contributed by atoms with Gasteiger partial charge < -0.3 is 19.3 Å². The largest absolute Gasteiger partial charge is 0.493 e. The van der Waals surface area contributed by atoms with Crippen LogP contribution in [0.3, 0.4) is 0 Å². The van der Waals surface area contributed by atoms with Gasteiger partial charge in [0.1, 0.15) is 21.4 Å². The predicted octanol–water partition coefficient (Wildman–Crippen LogP) is 4.84. The predicted molar refractivity (Wildman–Crippen MR) is 163 cm³/mol. The van der Waals surface area contributed by atoms with Crippen LogP contribution in [0.4, 0.5) is 11.6 Å². The standard InChI is InChI=1S/C29H34ClN7O4S/c1-5-21-27(22-10-7-8-12-24(22)40-6-2)32-29(34-42(38,39)20-18-31-36(4)19-20)33-28(21)41-25-13-9-11-23(26(25)30)37-16-14-35(3)15-17-37/h7-13,18-19H,5-6,14-17H2,1-4H3,(H,32,33,34). The molecule has 1 N–H and O–H groups in total. The third kappa shape index (κ3) is 6.30. The van der Waals surface area contributed by atoms with Crippen LogP contribution < -0.4 is 19.1 Å². The molecule has 3 heterocycles. The van der Waals surface area contributed by atoms with Gasteiger partial charge in [0.25, 0.3) is 10.0 Å². The second kappa shape index (κ2) is 12.6. The fourth-order valence-corrected chi connectivity index (χ4v) is 5.98. The highest BCUT2D eigenvalue weighted by Gasteiger charge is 2.25. The van der Waals surface area contributed by atoms with Gasteiger partial charge in [-0.15, -0.1) is 0 Å². The summed E-state index contributed by atoms with van der Waals surface area (Å²) >= 11 is 6.91. The number of sulfonamides is 1. The topological polar surface area (TPSA) is 115 Å². The Morgan fingerprint density at radius 2 is 1.71 bits per heavy atom. The first kappa shape index (κ1) is 29.6. The van der Waals surface area contributed by atoms with Crippen LogP contribution in [-0.2, 0) is 23.5 Å². The number of benzene rings is 2. The molecule has 1 aliphatic rings. The van der Waals surface area contributed by atoms with E-state index >= 15 is 0 Å². The number of nitrogens with one attached hydrogen (secondary N) is 1. The van der Waals surface area contributed by atoms with Crippen molar-refractivity contribution in [2.75, 3.05) is 49.5 Å². The Kier molecular flexibility index (Phi) is 8.85. The first-order valence-electron chi connectivity index (χ1n) is 13.7. The van der Waals surface area contributed by atoms with E-state index in [9.17, 15) is 8.42 Å². The molecule has 0 aliphatic carbocycles. The van der Waals surface area contributed by atoms with Crippen LogP contribution in [0.15, 0.2) is 59.8 Å². The molecule has 1 saturated heterocycles. The zero-order chi connectivity index (χ0) is 29.9. The summed E-state index contributed by atoms with van der Waals surface area (Å²) in [5.74, 6) is 1.05. The molecule has 0 bridgehead atoms. The van der Waals surface area contributed by atoms with Crippen LogP contribution in [-0.4, -0.2) is 72.9 Å². The molecule has 1 fully saturated rings. The Bertz CT molecular complexity index is 1670. The van der Waals surface area contributed by atoms with Crippen LogP contribution >= 0.6 is 11.6 Å². The fraction of sp³-hybridized carbons (Fsp3) is 0.345. The molecule has 0 radical (unpaired) electrons. The Hall–Kier alpha value is -3.87. The number of hydrogen-bond acceptors (Lipinski definition) is 9. The Morgan fingerprint density at radius 3 is 2.40 bits per heavy atom. The van der Waals surface area contributed by atoms with E-state index in [2.05, 4.69) is 36.6 Å². The number of rotatable bonds is 10. The van der Waals surface area contributed by atoms with Crippen LogP contribution in [0, 0.1) is 0 Å². The molecule has 42 heavy (non-hydrogen) atoms. The molecule has 0 atom stereocenters. The maximum atomic E-state index is 13.2. The molecule has 5 rings (SSSR count). The lowest BCUT2D eigenvalue weighted by Crippen LogP contribution is -2.44. The number of halogens is 1. The van der Waals surface area contributed by atoms with Crippen molar-refractivity contribution >= 4 is 33.3 Å². The number of hydrogen-bond donors (Lipinski definition) is 1. The zero-order valence-electron chi connectivity index (χ0n) is 24.0. The van der Waals surface area contributed by atoms with E-state index in [1.165, 1.54) is 17.1 Å². The SMILES string of the molecule is CCOc1ccccc1-c1nc(NS(=O)(=O)c2cnn(C)c2)nc(Oc2cccc(N3CCN(C)CC3)c2Cl)c1CC. The Morgan fingerprint density at radius 1 is 0.976 bits per heavy atom. The minimum atomic E-state index is -4.04. The minimum absolute atomic E-state index is 0.0187. The summed E-state index contributed by atoms with van der Waals surface area (Å²) in [5.41, 5.74) is 2.71. The lowest BCUT2D eigenvalue weighted by Gasteiger charge is -2.34. The summed E-state index contributed by atoms with van der Waals surface area (Å²) in [4.78, 5) is 13.7. The molecule has 0 unspecified atom stereocenters. The number of piperazine rings is 1. The van der Waals surface area contributed by atoms with E-state index in [-0.39, 0.29) is 16.7 Å². The zero-order valence-corrected chi connectivity index (χ0v) is 25.6. The van der Waals surface area contributed by atoms with Crippen molar-refractivity contribution in [3.05, 3.63) is 65.4 Å². The number of para-hydroxylation sites is 1. The number of aryl methyl sites for hydroxylation is 1. The highest BCUT2D eigenvalue weighted by atomic mass is 35.5. The maximum Gasteiger partial charge on any atom is 0.267 e. The third-order valence-corrected chi connectivity index (χ3v) is 8.64. The van der Waals surface area contributed by atoms with Gasteiger partial charge in [-0.1, -0.05) is 36.7 Å². The minimum Gasteiger partial charge on any atom is -0.493 e. The van der Waals surface area contributed by atoms with Gasteiger partial charge in [0.05, 0.1) is 24.2 Å². The maximum absolute atomic E-state index is 13.2. The van der Waals surface area contributed by atoms with Crippen molar-refractivity contribution in [3.63, 3.8) is 0 Å². The van der Waals surface area contributed by atoms with Crippen molar-refractivity contribution in [1.29, 1.82) is 0 Å². The molecule has 0 amide bonds. The highest BCUT2D eigenvalue weighted by molar-refractivity contribution is 7.92. The summed E-state index contributed by atoms with van der Waals surface area (Å²) < 4.78 is 42.6. The molecule has 2 aromatic heterocycles. The van der Waals surface area contributed by atoms with Crippen molar-refractivity contribution < 1.29 is 17.9 Å². The van der Waals surface area contributed by atoms with Gasteiger partial charge in [-0.3, -0.25) is 4.68 Å². The van der Waals surface area contributed by atoms with Crippen molar-refractivity contribution in [1.82, 2.24) is 24.6 Å². The number of anilines is 2. The monoisotopic (exact) mass is 611 g/mol. The fourth-order valence-electron chi connectivity index (χ4n) is 4.77. The first-order valence-corrected chi connectivity index (χ1v) is 15.6. The lowest BCUT2D eigenvalue weighted by atomic mass is 10.0. The van der Waals surface area contributed by atoms with Gasteiger partial charge in [0, 0.05) is 50.6 Å². The van der Waals surface area contributed by atoms with E-state index in [1.54, 1.807) is 13.1 Å². The Balaban J connectivity index is 1.61. The quantitative estimate of drug-likeness (QED) is 0.269. The van der Waals surface area contributed by atoms with E-state index in [1.807, 2.05) is 50.2 Å². The van der Waals surface area contributed by atoms with Crippen LogP contribution in [0.25, 0.3) is 11.3 Å². The molecule has 11 nitrogen and oxygen atoms in total. The normalized spacial score (nSPS) is 14.2. The first-order chi connectivity index (χ1) is 20.2. The molecule has 13 heteroatoms. The van der Waals surface area contributed by atoms with Gasteiger partial charge >= 0.3 is 0 Å². The summed E-state index contributed by atoms with van der Waals surface area (Å²) in [6, 6.07) is 13.1. The van der Waals surface area contributed by atoms with Gasteiger partial charge in [0.2, 0.25) is 11.8 Å². The molecule has 1 aliphatic heterocycles. The Labute approximate surface area is 251 Å². The smallest absolute Gasteiger partial charge is 0.267 e. The van der Waals surface area contributed by atoms with E-state index < -0.39 is 10.0 Å². The number of nitrogens with zero attached hydrogens (tertiary/aromatic N) is 6. The number of aromatic nitrogens is 4. The summed E-state index contributed by atoms with van der Waals surface area (Å²) in [6.45, 7) is 7.84. The van der Waals surface area contributed by atoms with E-state index in [4.69, 9.17) is 21.1 Å². The number of likely N-dealkylation sites (N-methyl/N-ethyl adjacent to an activating group) is 1. The van der Waals surface area contributed by atoms with Gasteiger partial charge in [-0.25, -0.2) is 18.1 Å². The average molecular weight is 612 g/mol. The van der Waals surface area contributed by atoms with Crippen LogP contribution in [0.2, 0.25) is 5.02 Å². The summed E-state index contributed by atoms with van der Waals surface area (Å²) in [6.07, 6.45) is 3.15. The molecule has 222 valence electrons. The molecule has 2 aromatic carbocycles. The average Bonchev–Trinajstić information content (AvgIpc) is 3.42. The van der Waals surface area contributed by atoms with Gasteiger partial charge in [-0.05, 0) is 44.7 Å². The molecular weight excluding hydrogens is 578 g/mol. The lowest BCUT2D eigenvalue weighted by molar-refractivity contribution is 0.313.